The van der Waals surface area contributed by atoms with Crippen molar-refractivity contribution in [2.45, 2.75) is 24.8 Å². The van der Waals surface area contributed by atoms with Crippen LogP contribution >= 0.6 is 46.3 Å². The first-order valence-corrected chi connectivity index (χ1v) is 13.1. The number of ether oxygens (including phenoxy) is 1. The molecule has 1 aliphatic rings. The monoisotopic (exact) mass is 534 g/mol. The Morgan fingerprint density at radius 1 is 1.29 bits per heavy atom. The zero-order valence-electron chi connectivity index (χ0n) is 18.5. The summed E-state index contributed by atoms with van der Waals surface area (Å²) >= 11 is 14.9. The smallest absolute Gasteiger partial charge is 0.338 e. The molecule has 0 aliphatic carbocycles. The molecule has 1 aromatic heterocycles. The normalized spacial score (nSPS) is 15.8. The van der Waals surface area contributed by atoms with E-state index in [1.54, 1.807) is 25.6 Å². The van der Waals surface area contributed by atoms with E-state index in [1.807, 2.05) is 30.5 Å². The lowest BCUT2D eigenvalue weighted by atomic mass is 9.96. The number of fused-ring (bicyclic) bond motifs is 1. The van der Waals surface area contributed by atoms with Gasteiger partial charge in [-0.1, -0.05) is 46.7 Å². The standard InChI is InChI=1S/C24H20Cl2N2O4S2/c1-4-32-23(31)19-12(2)27-24-28(20(19)13-5-7-16(33-3)8-6-13)22(30)18(34-24)10-14-9-15(25)11-17(26)21(14)29/h5-11,20,29H,4H2,1-3H3. The number of hydrogen-bond donors (Lipinski definition) is 1. The number of thioether (sulfide) groups is 1. The topological polar surface area (TPSA) is 80.9 Å². The molecule has 176 valence electrons. The average Bonchev–Trinajstić information content (AvgIpc) is 3.10. The Bertz CT molecular complexity index is 1490. The van der Waals surface area contributed by atoms with Crippen LogP contribution in [0, 0.1) is 0 Å². The van der Waals surface area contributed by atoms with Crippen molar-refractivity contribution < 1.29 is 14.6 Å². The lowest BCUT2D eigenvalue weighted by Crippen LogP contribution is -2.39. The third kappa shape index (κ3) is 4.55. The number of carbonyl (C=O) groups is 1. The second kappa shape index (κ2) is 10.00. The number of aromatic nitrogens is 1. The van der Waals surface area contributed by atoms with Crippen molar-refractivity contribution in [3.05, 3.63) is 88.5 Å². The molecule has 0 bridgehead atoms. The summed E-state index contributed by atoms with van der Waals surface area (Å²) in [5, 5.41) is 10.8. The second-order valence-electron chi connectivity index (χ2n) is 7.40. The number of nitrogens with zero attached hydrogens (tertiary/aromatic N) is 2. The number of rotatable bonds is 5. The van der Waals surface area contributed by atoms with E-state index >= 15 is 0 Å². The summed E-state index contributed by atoms with van der Waals surface area (Å²) in [6, 6.07) is 9.92. The Morgan fingerprint density at radius 2 is 2.00 bits per heavy atom. The predicted octanol–water partition coefficient (Wildman–Crippen LogP) is 4.53. The first kappa shape index (κ1) is 24.6. The first-order chi connectivity index (χ1) is 16.2. The molecule has 4 rings (SSSR count). The van der Waals surface area contributed by atoms with Gasteiger partial charge in [-0.2, -0.15) is 0 Å². The third-order valence-corrected chi connectivity index (χ3v) is 7.53. The molecule has 2 aromatic carbocycles. The van der Waals surface area contributed by atoms with Gasteiger partial charge >= 0.3 is 5.97 Å². The second-order valence-corrected chi connectivity index (χ2v) is 10.1. The largest absolute Gasteiger partial charge is 0.506 e. The highest BCUT2D eigenvalue weighted by Crippen LogP contribution is 2.33. The number of phenols is 1. The molecule has 34 heavy (non-hydrogen) atoms. The fourth-order valence-corrected chi connectivity index (χ4v) is 5.69. The van der Waals surface area contributed by atoms with E-state index < -0.39 is 12.0 Å². The molecule has 10 heteroatoms. The van der Waals surface area contributed by atoms with E-state index in [2.05, 4.69) is 4.99 Å². The highest BCUT2D eigenvalue weighted by atomic mass is 35.5. The summed E-state index contributed by atoms with van der Waals surface area (Å²) in [7, 11) is 0. The van der Waals surface area contributed by atoms with Crippen LogP contribution in [0.25, 0.3) is 6.08 Å². The number of phenolic OH excluding ortho intramolecular Hbond substituents is 1. The highest BCUT2D eigenvalue weighted by molar-refractivity contribution is 7.98. The van der Waals surface area contributed by atoms with E-state index in [9.17, 15) is 14.7 Å². The van der Waals surface area contributed by atoms with E-state index in [0.29, 0.717) is 31.2 Å². The molecule has 0 radical (unpaired) electrons. The van der Waals surface area contributed by atoms with Gasteiger partial charge < -0.3 is 9.84 Å². The Morgan fingerprint density at radius 3 is 2.65 bits per heavy atom. The highest BCUT2D eigenvalue weighted by Gasteiger charge is 2.33. The maximum Gasteiger partial charge on any atom is 0.338 e. The van der Waals surface area contributed by atoms with Crippen LogP contribution in [-0.4, -0.2) is 28.5 Å². The summed E-state index contributed by atoms with van der Waals surface area (Å²) in [6.07, 6.45) is 3.50. The Kier molecular flexibility index (Phi) is 7.23. The van der Waals surface area contributed by atoms with Crippen molar-refractivity contribution in [1.82, 2.24) is 4.57 Å². The third-order valence-electron chi connectivity index (χ3n) is 5.29. The van der Waals surface area contributed by atoms with Crippen LogP contribution in [0.4, 0.5) is 0 Å². The molecule has 0 fully saturated rings. The lowest BCUT2D eigenvalue weighted by Gasteiger charge is -2.24. The number of allylic oxidation sites excluding steroid dienone is 1. The SMILES string of the molecule is CCOC(=O)C1=C(C)N=c2sc(=Cc3cc(Cl)cc(Cl)c3O)c(=O)n2C1c1ccc(SC)cc1. The molecule has 1 aliphatic heterocycles. The van der Waals surface area contributed by atoms with Gasteiger partial charge in [-0.05, 0) is 56.0 Å². The summed E-state index contributed by atoms with van der Waals surface area (Å²) in [4.78, 5) is 32.6. The predicted molar refractivity (Wildman–Crippen MR) is 137 cm³/mol. The number of hydrogen-bond acceptors (Lipinski definition) is 7. The van der Waals surface area contributed by atoms with Crippen LogP contribution in [-0.2, 0) is 9.53 Å². The average molecular weight is 535 g/mol. The molecular weight excluding hydrogens is 515 g/mol. The summed E-state index contributed by atoms with van der Waals surface area (Å²) < 4.78 is 7.11. The van der Waals surface area contributed by atoms with Crippen LogP contribution in [0.15, 0.2) is 62.4 Å². The molecule has 0 spiro atoms. The van der Waals surface area contributed by atoms with Gasteiger partial charge in [-0.15, -0.1) is 11.8 Å². The molecule has 0 saturated carbocycles. The van der Waals surface area contributed by atoms with Crippen LogP contribution in [0.1, 0.15) is 31.0 Å². The van der Waals surface area contributed by atoms with Gasteiger partial charge in [0, 0.05) is 15.5 Å². The summed E-state index contributed by atoms with van der Waals surface area (Å²) in [5.41, 5.74) is 1.51. The lowest BCUT2D eigenvalue weighted by molar-refractivity contribution is -0.139. The van der Waals surface area contributed by atoms with Crippen molar-refractivity contribution >= 4 is 58.3 Å². The van der Waals surface area contributed by atoms with Gasteiger partial charge in [0.1, 0.15) is 5.75 Å². The van der Waals surface area contributed by atoms with Gasteiger partial charge in [0.25, 0.3) is 5.56 Å². The molecule has 1 atom stereocenters. The summed E-state index contributed by atoms with van der Waals surface area (Å²) in [5.74, 6) is -0.694. The van der Waals surface area contributed by atoms with Crippen LogP contribution in [0.5, 0.6) is 5.75 Å². The molecule has 1 unspecified atom stereocenters. The van der Waals surface area contributed by atoms with Crippen molar-refractivity contribution in [3.8, 4) is 5.75 Å². The molecule has 3 aromatic rings. The van der Waals surface area contributed by atoms with E-state index in [-0.39, 0.29) is 22.9 Å². The van der Waals surface area contributed by atoms with Crippen molar-refractivity contribution in [2.24, 2.45) is 4.99 Å². The zero-order chi connectivity index (χ0) is 24.6. The minimum Gasteiger partial charge on any atom is -0.506 e. The quantitative estimate of drug-likeness (QED) is 0.384. The number of benzene rings is 2. The summed E-state index contributed by atoms with van der Waals surface area (Å²) in [6.45, 7) is 3.66. The Balaban J connectivity index is 1.97. The maximum atomic E-state index is 13.6. The van der Waals surface area contributed by atoms with Gasteiger partial charge in [0.15, 0.2) is 4.80 Å². The van der Waals surface area contributed by atoms with Crippen LogP contribution < -0.4 is 14.9 Å². The van der Waals surface area contributed by atoms with Crippen molar-refractivity contribution in [3.63, 3.8) is 0 Å². The maximum absolute atomic E-state index is 13.6. The zero-order valence-corrected chi connectivity index (χ0v) is 21.6. The number of halogens is 2. The Labute approximate surface area is 213 Å². The molecule has 6 nitrogen and oxygen atoms in total. The fourth-order valence-electron chi connectivity index (χ4n) is 3.73. The van der Waals surface area contributed by atoms with Gasteiger partial charge in [-0.25, -0.2) is 9.79 Å². The van der Waals surface area contributed by atoms with E-state index in [4.69, 9.17) is 27.9 Å². The molecule has 0 amide bonds. The fraction of sp³-hybridized carbons (Fsp3) is 0.208. The van der Waals surface area contributed by atoms with E-state index in [1.165, 1.54) is 22.8 Å². The van der Waals surface area contributed by atoms with Gasteiger partial charge in [-0.3, -0.25) is 9.36 Å². The van der Waals surface area contributed by atoms with E-state index in [0.717, 1.165) is 21.8 Å². The minimum atomic E-state index is -0.704. The molecule has 2 heterocycles. The number of aromatic hydroxyl groups is 1. The minimum absolute atomic E-state index is 0.0822. The van der Waals surface area contributed by atoms with Crippen molar-refractivity contribution in [1.29, 1.82) is 0 Å². The number of thiazole rings is 1. The Hall–Kier alpha value is -2.52. The first-order valence-electron chi connectivity index (χ1n) is 10.3. The van der Waals surface area contributed by atoms with Gasteiger partial charge in [0.2, 0.25) is 0 Å². The van der Waals surface area contributed by atoms with Gasteiger partial charge in [0.05, 0.1) is 33.5 Å². The molecule has 0 saturated heterocycles. The van der Waals surface area contributed by atoms with Crippen LogP contribution in [0.2, 0.25) is 10.0 Å². The van der Waals surface area contributed by atoms with Crippen molar-refractivity contribution in [2.75, 3.05) is 12.9 Å². The molecule has 1 N–H and O–H groups in total. The number of esters is 1. The van der Waals surface area contributed by atoms with Crippen LogP contribution in [0.3, 0.4) is 0 Å². The molecular formula is C24H20Cl2N2O4S2. The number of carbonyl (C=O) groups excluding carboxylic acids is 1.